The van der Waals surface area contributed by atoms with Crippen LogP contribution in [-0.2, 0) is 6.42 Å². The maximum Gasteiger partial charge on any atom is 0.336 e. The first-order valence-corrected chi connectivity index (χ1v) is 4.28. The van der Waals surface area contributed by atoms with E-state index in [1.165, 1.54) is 18.2 Å². The second kappa shape index (κ2) is 4.56. The highest BCUT2D eigenvalue weighted by Crippen LogP contribution is 2.14. The molecule has 0 spiro atoms. The molecular formula is C11H11FO2. The number of carboxylic acids is 1. The van der Waals surface area contributed by atoms with Gasteiger partial charge in [-0.05, 0) is 25.5 Å². The monoisotopic (exact) mass is 194 g/mol. The molecule has 0 amide bonds. The fourth-order valence-electron chi connectivity index (χ4n) is 1.20. The first-order chi connectivity index (χ1) is 6.66. The SMILES string of the molecule is CC=CCc1c(F)cccc1C(=O)O. The van der Waals surface area contributed by atoms with Gasteiger partial charge in [0.2, 0.25) is 0 Å². The number of aromatic carboxylic acids is 1. The Labute approximate surface area is 81.7 Å². The summed E-state index contributed by atoms with van der Waals surface area (Å²) in [4.78, 5) is 10.7. The summed E-state index contributed by atoms with van der Waals surface area (Å²) in [6.45, 7) is 1.81. The fraction of sp³-hybridized carbons (Fsp3) is 0.182. The van der Waals surface area contributed by atoms with E-state index >= 15 is 0 Å². The number of allylic oxidation sites excluding steroid dienone is 2. The average Bonchev–Trinajstić information content (AvgIpc) is 2.15. The molecule has 1 aromatic carbocycles. The summed E-state index contributed by atoms with van der Waals surface area (Å²) in [5, 5.41) is 8.80. The van der Waals surface area contributed by atoms with E-state index in [0.29, 0.717) is 6.42 Å². The number of carbonyl (C=O) groups is 1. The lowest BCUT2D eigenvalue weighted by molar-refractivity contribution is 0.0695. The van der Waals surface area contributed by atoms with E-state index < -0.39 is 11.8 Å². The summed E-state index contributed by atoms with van der Waals surface area (Å²) in [5.74, 6) is -1.56. The third-order valence-electron chi connectivity index (χ3n) is 1.91. The lowest BCUT2D eigenvalue weighted by Gasteiger charge is -2.03. The van der Waals surface area contributed by atoms with Gasteiger partial charge in [0, 0.05) is 5.56 Å². The molecule has 0 aliphatic heterocycles. The Balaban J connectivity index is 3.15. The Kier molecular flexibility index (Phi) is 3.40. The summed E-state index contributed by atoms with van der Waals surface area (Å²) in [7, 11) is 0. The van der Waals surface area contributed by atoms with Gasteiger partial charge >= 0.3 is 5.97 Å². The molecule has 0 unspecified atom stereocenters. The molecule has 0 aliphatic carbocycles. The van der Waals surface area contributed by atoms with Crippen LogP contribution in [0.1, 0.15) is 22.8 Å². The maximum atomic E-state index is 13.2. The van der Waals surface area contributed by atoms with Crippen LogP contribution >= 0.6 is 0 Å². The molecule has 0 heterocycles. The predicted molar refractivity (Wildman–Crippen MR) is 51.9 cm³/mol. The van der Waals surface area contributed by atoms with Gasteiger partial charge in [0.15, 0.2) is 0 Å². The Morgan fingerprint density at radius 2 is 2.29 bits per heavy atom. The highest BCUT2D eigenvalue weighted by molar-refractivity contribution is 5.89. The zero-order chi connectivity index (χ0) is 10.6. The van der Waals surface area contributed by atoms with Crippen LogP contribution in [0.15, 0.2) is 30.4 Å². The topological polar surface area (TPSA) is 37.3 Å². The predicted octanol–water partition coefficient (Wildman–Crippen LogP) is 2.64. The van der Waals surface area contributed by atoms with Crippen molar-refractivity contribution in [2.45, 2.75) is 13.3 Å². The van der Waals surface area contributed by atoms with Crippen LogP contribution in [0.3, 0.4) is 0 Å². The van der Waals surface area contributed by atoms with E-state index in [1.54, 1.807) is 19.1 Å². The first kappa shape index (κ1) is 10.4. The van der Waals surface area contributed by atoms with Gasteiger partial charge in [0.25, 0.3) is 0 Å². The fourth-order valence-corrected chi connectivity index (χ4v) is 1.20. The molecule has 1 rings (SSSR count). The summed E-state index contributed by atoms with van der Waals surface area (Å²) in [6.07, 6.45) is 3.80. The number of hydrogen-bond acceptors (Lipinski definition) is 1. The van der Waals surface area contributed by atoms with Crippen molar-refractivity contribution in [1.29, 1.82) is 0 Å². The zero-order valence-electron chi connectivity index (χ0n) is 7.83. The van der Waals surface area contributed by atoms with Crippen molar-refractivity contribution in [3.05, 3.63) is 47.3 Å². The summed E-state index contributed by atoms with van der Waals surface area (Å²) in [5.41, 5.74) is 0.265. The molecule has 0 bridgehead atoms. The molecule has 1 N–H and O–H groups in total. The third kappa shape index (κ3) is 2.19. The van der Waals surface area contributed by atoms with Gasteiger partial charge in [0.05, 0.1) is 5.56 Å². The normalized spacial score (nSPS) is 10.7. The van der Waals surface area contributed by atoms with Gasteiger partial charge in [-0.2, -0.15) is 0 Å². The van der Waals surface area contributed by atoms with E-state index in [0.717, 1.165) is 0 Å². The Morgan fingerprint density at radius 1 is 1.57 bits per heavy atom. The molecule has 0 aliphatic rings. The smallest absolute Gasteiger partial charge is 0.336 e. The zero-order valence-corrected chi connectivity index (χ0v) is 7.83. The van der Waals surface area contributed by atoms with Gasteiger partial charge < -0.3 is 5.11 Å². The van der Waals surface area contributed by atoms with Crippen molar-refractivity contribution in [2.24, 2.45) is 0 Å². The number of rotatable bonds is 3. The van der Waals surface area contributed by atoms with Crippen molar-refractivity contribution < 1.29 is 14.3 Å². The largest absolute Gasteiger partial charge is 0.478 e. The lowest BCUT2D eigenvalue weighted by Crippen LogP contribution is -2.04. The quantitative estimate of drug-likeness (QED) is 0.751. The van der Waals surface area contributed by atoms with Crippen LogP contribution in [0.5, 0.6) is 0 Å². The molecule has 0 fully saturated rings. The minimum absolute atomic E-state index is 0.0306. The Hall–Kier alpha value is -1.64. The van der Waals surface area contributed by atoms with E-state index in [-0.39, 0.29) is 11.1 Å². The van der Waals surface area contributed by atoms with Crippen molar-refractivity contribution in [3.8, 4) is 0 Å². The standard InChI is InChI=1S/C11H11FO2/c1-2-3-5-8-9(11(13)14)6-4-7-10(8)12/h2-4,6-7H,5H2,1H3,(H,13,14). The molecule has 0 saturated heterocycles. The van der Waals surface area contributed by atoms with E-state index in [4.69, 9.17) is 5.11 Å². The molecule has 2 nitrogen and oxygen atoms in total. The van der Waals surface area contributed by atoms with Crippen molar-refractivity contribution >= 4 is 5.97 Å². The Bertz CT molecular complexity index is 370. The summed E-state index contributed by atoms with van der Waals surface area (Å²) in [6, 6.07) is 4.08. The maximum absolute atomic E-state index is 13.2. The summed E-state index contributed by atoms with van der Waals surface area (Å²) >= 11 is 0. The van der Waals surface area contributed by atoms with Gasteiger partial charge in [-0.15, -0.1) is 0 Å². The van der Waals surface area contributed by atoms with Crippen LogP contribution in [0, 0.1) is 5.82 Å². The molecular weight excluding hydrogens is 183 g/mol. The van der Waals surface area contributed by atoms with Crippen molar-refractivity contribution in [2.75, 3.05) is 0 Å². The molecule has 0 saturated carbocycles. The van der Waals surface area contributed by atoms with Gasteiger partial charge in [0.1, 0.15) is 5.82 Å². The number of halogens is 1. The average molecular weight is 194 g/mol. The van der Waals surface area contributed by atoms with Crippen molar-refractivity contribution in [1.82, 2.24) is 0 Å². The van der Waals surface area contributed by atoms with E-state index in [2.05, 4.69) is 0 Å². The van der Waals surface area contributed by atoms with Crippen LogP contribution in [0.4, 0.5) is 4.39 Å². The van der Waals surface area contributed by atoms with Crippen LogP contribution < -0.4 is 0 Å². The van der Waals surface area contributed by atoms with Gasteiger partial charge in [-0.1, -0.05) is 18.2 Å². The van der Waals surface area contributed by atoms with Crippen LogP contribution in [0.25, 0.3) is 0 Å². The van der Waals surface area contributed by atoms with E-state index in [1.807, 2.05) is 0 Å². The van der Waals surface area contributed by atoms with E-state index in [9.17, 15) is 9.18 Å². The number of benzene rings is 1. The molecule has 1 aromatic rings. The molecule has 0 aromatic heterocycles. The molecule has 14 heavy (non-hydrogen) atoms. The first-order valence-electron chi connectivity index (χ1n) is 4.28. The van der Waals surface area contributed by atoms with Crippen molar-refractivity contribution in [3.63, 3.8) is 0 Å². The summed E-state index contributed by atoms with van der Waals surface area (Å²) < 4.78 is 13.2. The molecule has 74 valence electrons. The third-order valence-corrected chi connectivity index (χ3v) is 1.91. The second-order valence-electron chi connectivity index (χ2n) is 2.84. The highest BCUT2D eigenvalue weighted by atomic mass is 19.1. The van der Waals surface area contributed by atoms with Gasteiger partial charge in [-0.25, -0.2) is 9.18 Å². The molecule has 0 atom stereocenters. The molecule has 3 heteroatoms. The van der Waals surface area contributed by atoms with Crippen LogP contribution in [0.2, 0.25) is 0 Å². The second-order valence-corrected chi connectivity index (χ2v) is 2.84. The Morgan fingerprint density at radius 3 is 2.86 bits per heavy atom. The number of carboxylic acid groups (broad SMARTS) is 1. The minimum atomic E-state index is -1.09. The number of hydrogen-bond donors (Lipinski definition) is 1. The minimum Gasteiger partial charge on any atom is -0.478 e. The molecule has 0 radical (unpaired) electrons. The lowest BCUT2D eigenvalue weighted by atomic mass is 10.0. The van der Waals surface area contributed by atoms with Crippen LogP contribution in [-0.4, -0.2) is 11.1 Å². The highest BCUT2D eigenvalue weighted by Gasteiger charge is 2.12. The van der Waals surface area contributed by atoms with Gasteiger partial charge in [-0.3, -0.25) is 0 Å².